The minimum absolute atomic E-state index is 0.0400. The average Bonchev–Trinajstić information content (AvgIpc) is 2.70. The highest BCUT2D eigenvalue weighted by molar-refractivity contribution is 5.70. The molecule has 1 aliphatic rings. The van der Waals surface area contributed by atoms with E-state index in [0.717, 1.165) is 35.7 Å². The van der Waals surface area contributed by atoms with Crippen molar-refractivity contribution in [1.82, 2.24) is 14.9 Å². The quantitative estimate of drug-likeness (QED) is 0.864. The maximum atomic E-state index is 12.6. The van der Waals surface area contributed by atoms with Crippen LogP contribution in [0.2, 0.25) is 0 Å². The van der Waals surface area contributed by atoms with Gasteiger partial charge in [0.1, 0.15) is 5.75 Å². The Hall–Kier alpha value is -2.14. The number of fused-ring (bicyclic) bond motifs is 3. The molecule has 0 amide bonds. The van der Waals surface area contributed by atoms with Crippen LogP contribution in [-0.2, 0) is 13.0 Å². The van der Waals surface area contributed by atoms with Gasteiger partial charge in [-0.05, 0) is 18.7 Å². The monoisotopic (exact) mass is 285 g/mol. The molecule has 0 atom stereocenters. The predicted molar refractivity (Wildman–Crippen MR) is 81.7 cm³/mol. The Morgan fingerprint density at radius 1 is 1.38 bits per heavy atom. The Kier molecular flexibility index (Phi) is 4.01. The minimum Gasteiger partial charge on any atom is -0.493 e. The molecule has 1 aromatic carbocycles. The second kappa shape index (κ2) is 6.10. The van der Waals surface area contributed by atoms with Crippen molar-refractivity contribution < 1.29 is 4.74 Å². The summed E-state index contributed by atoms with van der Waals surface area (Å²) >= 11 is 0. The van der Waals surface area contributed by atoms with Gasteiger partial charge in [0.2, 0.25) is 0 Å². The topological polar surface area (TPSA) is 56.2 Å². The molecule has 0 aliphatic carbocycles. The zero-order valence-electron chi connectivity index (χ0n) is 12.1. The molecule has 0 radical (unpaired) electrons. The fraction of sp³-hybridized carbons (Fsp3) is 0.375. The number of nitrogens with zero attached hydrogens (tertiary/aromatic N) is 2. The Balaban J connectivity index is 2.02. The lowest BCUT2D eigenvalue weighted by molar-refractivity contribution is 0.326. The van der Waals surface area contributed by atoms with E-state index >= 15 is 0 Å². The van der Waals surface area contributed by atoms with Crippen LogP contribution < -0.4 is 15.6 Å². The van der Waals surface area contributed by atoms with Gasteiger partial charge in [-0.1, -0.05) is 19.1 Å². The summed E-state index contributed by atoms with van der Waals surface area (Å²) in [6.45, 7) is 4.86. The zero-order chi connectivity index (χ0) is 14.7. The summed E-state index contributed by atoms with van der Waals surface area (Å²) in [5.41, 5.74) is 2.45. The molecule has 2 heterocycles. The average molecular weight is 285 g/mol. The van der Waals surface area contributed by atoms with E-state index in [2.05, 4.69) is 10.3 Å². The maximum Gasteiger partial charge on any atom is 0.257 e. The standard InChI is InChI=1S/C16H19N3O2/c1-2-17-8-9-19-11-18-15-12-5-3-4-6-14(12)21-10-7-13(15)16(19)20/h3-6,11,17H,2,7-10H2,1H3. The van der Waals surface area contributed by atoms with Crippen LogP contribution in [0.3, 0.4) is 0 Å². The van der Waals surface area contributed by atoms with E-state index in [9.17, 15) is 4.79 Å². The fourth-order valence-electron chi connectivity index (χ4n) is 2.58. The molecule has 0 spiro atoms. The summed E-state index contributed by atoms with van der Waals surface area (Å²) < 4.78 is 7.40. The van der Waals surface area contributed by atoms with Gasteiger partial charge in [0.25, 0.3) is 5.56 Å². The van der Waals surface area contributed by atoms with Crippen molar-refractivity contribution in [3.8, 4) is 17.0 Å². The van der Waals surface area contributed by atoms with Gasteiger partial charge in [-0.3, -0.25) is 9.36 Å². The van der Waals surface area contributed by atoms with Crippen molar-refractivity contribution in [2.75, 3.05) is 19.7 Å². The molecule has 1 aromatic heterocycles. The van der Waals surface area contributed by atoms with E-state index in [1.54, 1.807) is 10.9 Å². The SMILES string of the molecule is CCNCCn1cnc2c(c1=O)CCOc1ccccc1-2. The summed E-state index contributed by atoms with van der Waals surface area (Å²) in [6, 6.07) is 7.74. The summed E-state index contributed by atoms with van der Waals surface area (Å²) in [6.07, 6.45) is 2.23. The van der Waals surface area contributed by atoms with Crippen molar-refractivity contribution in [3.05, 3.63) is 46.5 Å². The summed E-state index contributed by atoms with van der Waals surface area (Å²) in [7, 11) is 0. The highest BCUT2D eigenvalue weighted by Gasteiger charge is 2.19. The molecule has 0 saturated heterocycles. The van der Waals surface area contributed by atoms with Crippen molar-refractivity contribution in [2.45, 2.75) is 19.9 Å². The molecular weight excluding hydrogens is 266 g/mol. The molecule has 5 heteroatoms. The molecule has 5 nitrogen and oxygen atoms in total. The second-order valence-electron chi connectivity index (χ2n) is 5.02. The van der Waals surface area contributed by atoms with Gasteiger partial charge in [-0.25, -0.2) is 4.98 Å². The van der Waals surface area contributed by atoms with Crippen LogP contribution in [0, 0.1) is 0 Å². The smallest absolute Gasteiger partial charge is 0.257 e. The summed E-state index contributed by atoms with van der Waals surface area (Å²) in [5, 5.41) is 3.22. The van der Waals surface area contributed by atoms with E-state index < -0.39 is 0 Å². The van der Waals surface area contributed by atoms with Crippen LogP contribution in [0.25, 0.3) is 11.3 Å². The number of hydrogen-bond donors (Lipinski definition) is 1. The summed E-state index contributed by atoms with van der Waals surface area (Å²) in [5.74, 6) is 0.800. The zero-order valence-corrected chi connectivity index (χ0v) is 12.1. The van der Waals surface area contributed by atoms with Gasteiger partial charge in [0.15, 0.2) is 0 Å². The first-order chi connectivity index (χ1) is 10.3. The molecule has 0 fully saturated rings. The van der Waals surface area contributed by atoms with Gasteiger partial charge in [-0.2, -0.15) is 0 Å². The number of hydrogen-bond acceptors (Lipinski definition) is 4. The minimum atomic E-state index is 0.0400. The normalized spacial score (nSPS) is 13.0. The van der Waals surface area contributed by atoms with Crippen LogP contribution in [0.5, 0.6) is 5.75 Å². The maximum absolute atomic E-state index is 12.6. The molecule has 1 aliphatic heterocycles. The van der Waals surface area contributed by atoms with Crippen LogP contribution >= 0.6 is 0 Å². The van der Waals surface area contributed by atoms with Crippen LogP contribution in [0.4, 0.5) is 0 Å². The van der Waals surface area contributed by atoms with Gasteiger partial charge in [0, 0.05) is 30.6 Å². The summed E-state index contributed by atoms with van der Waals surface area (Å²) in [4.78, 5) is 17.1. The van der Waals surface area contributed by atoms with Crippen LogP contribution in [0.1, 0.15) is 12.5 Å². The van der Waals surface area contributed by atoms with Gasteiger partial charge >= 0.3 is 0 Å². The van der Waals surface area contributed by atoms with Crippen molar-refractivity contribution >= 4 is 0 Å². The highest BCUT2D eigenvalue weighted by Crippen LogP contribution is 2.31. The molecular formula is C16H19N3O2. The number of aromatic nitrogens is 2. The third kappa shape index (κ3) is 2.69. The van der Waals surface area contributed by atoms with Gasteiger partial charge < -0.3 is 10.1 Å². The molecule has 1 N–H and O–H groups in total. The number of para-hydroxylation sites is 1. The van der Waals surface area contributed by atoms with Gasteiger partial charge in [-0.15, -0.1) is 0 Å². The molecule has 2 aromatic rings. The Bertz CT molecular complexity index is 694. The van der Waals surface area contributed by atoms with Crippen LogP contribution in [-0.4, -0.2) is 29.2 Å². The first kappa shape index (κ1) is 13.8. The van der Waals surface area contributed by atoms with Crippen molar-refractivity contribution in [2.24, 2.45) is 0 Å². The largest absolute Gasteiger partial charge is 0.493 e. The van der Waals surface area contributed by atoms with E-state index in [0.29, 0.717) is 19.6 Å². The van der Waals surface area contributed by atoms with Crippen LogP contribution in [0.15, 0.2) is 35.4 Å². The number of nitrogens with one attached hydrogen (secondary N) is 1. The Morgan fingerprint density at radius 2 is 2.24 bits per heavy atom. The number of rotatable bonds is 4. The fourth-order valence-corrected chi connectivity index (χ4v) is 2.58. The van der Waals surface area contributed by atoms with E-state index in [1.807, 2.05) is 31.2 Å². The van der Waals surface area contributed by atoms with E-state index in [1.165, 1.54) is 0 Å². The third-order valence-corrected chi connectivity index (χ3v) is 3.66. The third-order valence-electron chi connectivity index (χ3n) is 3.66. The van der Waals surface area contributed by atoms with Crippen molar-refractivity contribution in [3.63, 3.8) is 0 Å². The second-order valence-corrected chi connectivity index (χ2v) is 5.02. The first-order valence-electron chi connectivity index (χ1n) is 7.32. The number of ether oxygens (including phenoxy) is 1. The lowest BCUT2D eigenvalue weighted by Gasteiger charge is -2.10. The van der Waals surface area contributed by atoms with E-state index in [4.69, 9.17) is 4.74 Å². The van der Waals surface area contributed by atoms with Crippen molar-refractivity contribution in [1.29, 1.82) is 0 Å². The molecule has 0 saturated carbocycles. The predicted octanol–water partition coefficient (Wildman–Crippen LogP) is 1.45. The molecule has 3 rings (SSSR count). The molecule has 0 bridgehead atoms. The Morgan fingerprint density at radius 3 is 3.10 bits per heavy atom. The first-order valence-corrected chi connectivity index (χ1v) is 7.32. The highest BCUT2D eigenvalue weighted by atomic mass is 16.5. The lowest BCUT2D eigenvalue weighted by atomic mass is 10.1. The van der Waals surface area contributed by atoms with Gasteiger partial charge in [0.05, 0.1) is 18.6 Å². The molecule has 110 valence electrons. The lowest BCUT2D eigenvalue weighted by Crippen LogP contribution is -2.30. The molecule has 21 heavy (non-hydrogen) atoms. The number of likely N-dealkylation sites (N-methyl/N-ethyl adjacent to an activating group) is 1. The Labute approximate surface area is 123 Å². The van der Waals surface area contributed by atoms with E-state index in [-0.39, 0.29) is 5.56 Å². The molecule has 0 unspecified atom stereocenters. The number of benzene rings is 1.